The molecule has 4 saturated carbocycles. The minimum absolute atomic E-state index is 0.0290. The lowest BCUT2D eigenvalue weighted by Crippen LogP contribution is -2.67. The van der Waals surface area contributed by atoms with Crippen LogP contribution in [0.25, 0.3) is 0 Å². The number of carbonyl (C=O) groups excluding carboxylic acids is 1. The standard InChI is InChI=1S/C25H36O7/c1-20-6-7-23(30-10-11-31-23)14-24(20)18(32-24)12-15-16-4-5-25(27,22(3)28-8-9-29-22)21(16,2)13-17(26)19(15)20/h15-16,18-19,27H,4-14H2,1-3H3/t15-,16-,18-,19+,20+,21-,24-,25+/m0/s1. The van der Waals surface area contributed by atoms with E-state index < -0.39 is 22.6 Å². The summed E-state index contributed by atoms with van der Waals surface area (Å²) in [5.74, 6) is -0.822. The van der Waals surface area contributed by atoms with Crippen molar-refractivity contribution in [2.24, 2.45) is 28.6 Å². The molecule has 178 valence electrons. The molecule has 32 heavy (non-hydrogen) atoms. The van der Waals surface area contributed by atoms with Crippen LogP contribution in [-0.2, 0) is 28.5 Å². The zero-order valence-corrected chi connectivity index (χ0v) is 19.5. The van der Waals surface area contributed by atoms with Gasteiger partial charge in [0.15, 0.2) is 11.6 Å². The van der Waals surface area contributed by atoms with Gasteiger partial charge >= 0.3 is 0 Å². The quantitative estimate of drug-likeness (QED) is 0.617. The molecule has 1 N–H and O–H groups in total. The van der Waals surface area contributed by atoms with Gasteiger partial charge in [0, 0.05) is 36.0 Å². The van der Waals surface area contributed by atoms with Crippen molar-refractivity contribution in [3.05, 3.63) is 0 Å². The first kappa shape index (κ1) is 20.8. The molecule has 3 heterocycles. The van der Waals surface area contributed by atoms with Gasteiger partial charge in [0.25, 0.3) is 0 Å². The van der Waals surface area contributed by atoms with Crippen molar-refractivity contribution in [2.75, 3.05) is 26.4 Å². The second kappa shape index (κ2) is 5.97. The molecule has 7 nitrogen and oxygen atoms in total. The fourth-order valence-corrected chi connectivity index (χ4v) is 9.69. The molecule has 0 bridgehead atoms. The van der Waals surface area contributed by atoms with Crippen LogP contribution in [0.3, 0.4) is 0 Å². The monoisotopic (exact) mass is 448 g/mol. The second-order valence-corrected chi connectivity index (χ2v) is 12.3. The molecule has 7 aliphatic rings. The predicted octanol–water partition coefficient (Wildman–Crippen LogP) is 2.58. The molecule has 0 aromatic rings. The topological polar surface area (TPSA) is 86.8 Å². The summed E-state index contributed by atoms with van der Waals surface area (Å²) < 4.78 is 30.6. The summed E-state index contributed by atoms with van der Waals surface area (Å²) >= 11 is 0. The molecule has 0 amide bonds. The van der Waals surface area contributed by atoms with Gasteiger partial charge in [0.2, 0.25) is 0 Å². The third-order valence-corrected chi connectivity index (χ3v) is 11.3. The lowest BCUT2D eigenvalue weighted by atomic mass is 9.43. The molecule has 0 radical (unpaired) electrons. The summed E-state index contributed by atoms with van der Waals surface area (Å²) in [6.45, 7) is 8.53. The summed E-state index contributed by atoms with van der Waals surface area (Å²) in [7, 11) is 0. The number of hydrogen-bond acceptors (Lipinski definition) is 7. The van der Waals surface area contributed by atoms with E-state index in [9.17, 15) is 9.90 Å². The summed E-state index contributed by atoms with van der Waals surface area (Å²) in [6, 6.07) is 0. The van der Waals surface area contributed by atoms with Gasteiger partial charge in [-0.2, -0.15) is 0 Å². The van der Waals surface area contributed by atoms with Gasteiger partial charge in [-0.05, 0) is 44.4 Å². The fraction of sp³-hybridized carbons (Fsp3) is 0.960. The third-order valence-electron chi connectivity index (χ3n) is 11.3. The van der Waals surface area contributed by atoms with Gasteiger partial charge in [0.1, 0.15) is 17.0 Å². The first-order chi connectivity index (χ1) is 15.1. The van der Waals surface area contributed by atoms with Crippen molar-refractivity contribution in [1.29, 1.82) is 0 Å². The molecule has 4 aliphatic carbocycles. The van der Waals surface area contributed by atoms with Crippen LogP contribution in [0.2, 0.25) is 0 Å². The number of epoxide rings is 1. The Labute approximate surface area is 189 Å². The Morgan fingerprint density at radius 1 is 0.906 bits per heavy atom. The van der Waals surface area contributed by atoms with Crippen molar-refractivity contribution in [3.63, 3.8) is 0 Å². The number of hydrogen-bond donors (Lipinski definition) is 1. The van der Waals surface area contributed by atoms with E-state index in [1.54, 1.807) is 0 Å². The van der Waals surface area contributed by atoms with Crippen LogP contribution in [0.5, 0.6) is 0 Å². The molecule has 0 aromatic heterocycles. The van der Waals surface area contributed by atoms with Crippen LogP contribution in [-0.4, -0.2) is 66.2 Å². The van der Waals surface area contributed by atoms with Gasteiger partial charge < -0.3 is 28.8 Å². The zero-order valence-electron chi connectivity index (χ0n) is 19.5. The summed E-state index contributed by atoms with van der Waals surface area (Å²) in [5, 5.41) is 12.1. The van der Waals surface area contributed by atoms with Crippen LogP contribution in [0.15, 0.2) is 0 Å². The maximum absolute atomic E-state index is 14.0. The maximum atomic E-state index is 14.0. The molecule has 7 rings (SSSR count). The van der Waals surface area contributed by atoms with E-state index in [1.165, 1.54) is 0 Å². The number of fused-ring (bicyclic) bond motifs is 4. The minimum Gasteiger partial charge on any atom is -0.384 e. The molecule has 3 aliphatic heterocycles. The Kier molecular flexibility index (Phi) is 3.88. The van der Waals surface area contributed by atoms with Crippen LogP contribution < -0.4 is 0 Å². The fourth-order valence-electron chi connectivity index (χ4n) is 9.69. The van der Waals surface area contributed by atoms with Crippen molar-refractivity contribution in [1.82, 2.24) is 0 Å². The van der Waals surface area contributed by atoms with E-state index in [0.29, 0.717) is 39.3 Å². The summed E-state index contributed by atoms with van der Waals surface area (Å²) in [4.78, 5) is 14.0. The highest BCUT2D eigenvalue weighted by Gasteiger charge is 2.81. The summed E-state index contributed by atoms with van der Waals surface area (Å²) in [5.41, 5.74) is -2.23. The number of carbonyl (C=O) groups is 1. The molecule has 0 unspecified atom stereocenters. The number of ether oxygens (including phenoxy) is 5. The molecular weight excluding hydrogens is 412 g/mol. The first-order valence-electron chi connectivity index (χ1n) is 12.6. The minimum atomic E-state index is -1.16. The van der Waals surface area contributed by atoms with Gasteiger partial charge in [-0.25, -0.2) is 0 Å². The van der Waals surface area contributed by atoms with Crippen LogP contribution in [0.4, 0.5) is 0 Å². The Bertz CT molecular complexity index is 862. The van der Waals surface area contributed by atoms with Crippen LogP contribution in [0, 0.1) is 28.6 Å². The van der Waals surface area contributed by atoms with Gasteiger partial charge in [-0.3, -0.25) is 4.79 Å². The third kappa shape index (κ3) is 2.14. The van der Waals surface area contributed by atoms with Crippen molar-refractivity contribution in [3.8, 4) is 0 Å². The lowest BCUT2D eigenvalue weighted by molar-refractivity contribution is -0.297. The van der Waals surface area contributed by atoms with E-state index in [0.717, 1.165) is 32.1 Å². The number of Topliss-reactive ketones (excluding diaryl/α,β-unsaturated/α-hetero) is 1. The highest BCUT2D eigenvalue weighted by Crippen LogP contribution is 2.75. The Hall–Kier alpha value is -0.570. The molecule has 7 fully saturated rings. The highest BCUT2D eigenvalue weighted by atomic mass is 16.8. The molecule has 3 saturated heterocycles. The van der Waals surface area contributed by atoms with Gasteiger partial charge in [0.05, 0.1) is 32.5 Å². The number of rotatable bonds is 1. The van der Waals surface area contributed by atoms with Gasteiger partial charge in [-0.1, -0.05) is 13.8 Å². The Morgan fingerprint density at radius 3 is 2.31 bits per heavy atom. The first-order valence-corrected chi connectivity index (χ1v) is 12.6. The predicted molar refractivity (Wildman–Crippen MR) is 112 cm³/mol. The molecule has 8 atom stereocenters. The van der Waals surface area contributed by atoms with E-state index >= 15 is 0 Å². The zero-order chi connectivity index (χ0) is 22.2. The maximum Gasteiger partial charge on any atom is 0.195 e. The molecule has 7 heteroatoms. The number of aliphatic hydroxyl groups is 1. The largest absolute Gasteiger partial charge is 0.384 e. The molecule has 2 spiro atoms. The Balaban J connectivity index is 1.25. The lowest BCUT2D eigenvalue weighted by Gasteiger charge is -2.60. The van der Waals surface area contributed by atoms with Crippen molar-refractivity contribution >= 4 is 5.78 Å². The van der Waals surface area contributed by atoms with Crippen LogP contribution in [0.1, 0.15) is 65.7 Å². The van der Waals surface area contributed by atoms with E-state index in [1.807, 2.05) is 6.92 Å². The van der Waals surface area contributed by atoms with Crippen molar-refractivity contribution in [2.45, 2.75) is 94.6 Å². The average molecular weight is 449 g/mol. The van der Waals surface area contributed by atoms with E-state index in [2.05, 4.69) is 13.8 Å². The van der Waals surface area contributed by atoms with E-state index in [-0.39, 0.29) is 40.7 Å². The number of ketones is 1. The molecule has 0 aromatic carbocycles. The highest BCUT2D eigenvalue weighted by molar-refractivity contribution is 5.85. The summed E-state index contributed by atoms with van der Waals surface area (Å²) in [6.07, 6.45) is 5.37. The molecular formula is C25H36O7. The average Bonchev–Trinajstić information content (AvgIpc) is 3.06. The SMILES string of the molecule is CC1([C@@]2(O)CC[C@H]3[C@@H]4C[C@@H]5O[C@@]56CC5(CC[C@]6(C)[C@H]4C(=O)C[C@@]32C)OCCO5)OCCO1. The van der Waals surface area contributed by atoms with E-state index in [4.69, 9.17) is 23.7 Å². The van der Waals surface area contributed by atoms with Crippen LogP contribution >= 0.6 is 0 Å². The van der Waals surface area contributed by atoms with Gasteiger partial charge in [-0.15, -0.1) is 0 Å². The smallest absolute Gasteiger partial charge is 0.195 e. The van der Waals surface area contributed by atoms with Crippen molar-refractivity contribution < 1.29 is 33.6 Å². The second-order valence-electron chi connectivity index (χ2n) is 12.3. The normalized spacial score (nSPS) is 57.1. The Morgan fingerprint density at radius 2 is 1.59 bits per heavy atom.